The van der Waals surface area contributed by atoms with Crippen LogP contribution in [0.1, 0.15) is 18.3 Å². The molecule has 7 nitrogen and oxygen atoms in total. The van der Waals surface area contributed by atoms with Crippen molar-refractivity contribution in [2.75, 3.05) is 0 Å². The Kier molecular flexibility index (Phi) is 3.69. The predicted octanol–water partition coefficient (Wildman–Crippen LogP) is 2.54. The summed E-state index contributed by atoms with van der Waals surface area (Å²) in [6.45, 7) is 6.07. The van der Waals surface area contributed by atoms with Crippen LogP contribution in [0, 0.1) is 13.8 Å². The van der Waals surface area contributed by atoms with Crippen LogP contribution in [-0.2, 0) is 13.6 Å². The van der Waals surface area contributed by atoms with Gasteiger partial charge in [-0.1, -0.05) is 15.9 Å². The number of hydrogen-bond acceptors (Lipinski definition) is 3. The standard InChI is InChI=1S/C18H18BrN5O2/c1-5-22-16(25)14-15(21(4)18(22)26)20-17-23(10(2)11(3)24(14)17)13-8-6-12(19)7-9-13/h6-9H,5H2,1-4H3. The zero-order chi connectivity index (χ0) is 18.7. The molecule has 8 heteroatoms. The van der Waals surface area contributed by atoms with E-state index in [1.54, 1.807) is 14.0 Å². The van der Waals surface area contributed by atoms with Gasteiger partial charge in [0.2, 0.25) is 5.78 Å². The monoisotopic (exact) mass is 415 g/mol. The van der Waals surface area contributed by atoms with E-state index >= 15 is 0 Å². The van der Waals surface area contributed by atoms with Crippen molar-refractivity contribution >= 4 is 32.9 Å². The van der Waals surface area contributed by atoms with Gasteiger partial charge in [-0.05, 0) is 45.0 Å². The quantitative estimate of drug-likeness (QED) is 0.505. The van der Waals surface area contributed by atoms with Gasteiger partial charge in [0.1, 0.15) is 0 Å². The van der Waals surface area contributed by atoms with E-state index in [4.69, 9.17) is 0 Å². The normalized spacial score (nSPS) is 11.7. The molecule has 0 N–H and O–H groups in total. The third kappa shape index (κ3) is 2.08. The molecule has 0 spiro atoms. The van der Waals surface area contributed by atoms with Gasteiger partial charge >= 0.3 is 5.69 Å². The second-order valence-corrected chi connectivity index (χ2v) is 7.21. The van der Waals surface area contributed by atoms with E-state index in [-0.39, 0.29) is 11.2 Å². The highest BCUT2D eigenvalue weighted by molar-refractivity contribution is 9.10. The molecule has 0 aliphatic rings. The summed E-state index contributed by atoms with van der Waals surface area (Å²) in [6.07, 6.45) is 0. The maximum absolute atomic E-state index is 12.9. The molecule has 0 aliphatic heterocycles. The molecular formula is C18H18BrN5O2. The summed E-state index contributed by atoms with van der Waals surface area (Å²) in [4.78, 5) is 30.0. The third-order valence-corrected chi connectivity index (χ3v) is 5.45. The molecule has 134 valence electrons. The molecule has 26 heavy (non-hydrogen) atoms. The van der Waals surface area contributed by atoms with E-state index in [0.717, 1.165) is 21.5 Å². The lowest BCUT2D eigenvalue weighted by molar-refractivity contribution is 0.636. The molecule has 0 radical (unpaired) electrons. The van der Waals surface area contributed by atoms with Crippen LogP contribution >= 0.6 is 15.9 Å². The Morgan fingerprint density at radius 3 is 2.35 bits per heavy atom. The van der Waals surface area contributed by atoms with Gasteiger partial charge < -0.3 is 0 Å². The van der Waals surface area contributed by atoms with Crippen molar-refractivity contribution in [2.45, 2.75) is 27.3 Å². The first kappa shape index (κ1) is 16.8. The maximum atomic E-state index is 12.9. The number of halogens is 1. The van der Waals surface area contributed by atoms with Gasteiger partial charge in [0.15, 0.2) is 11.2 Å². The SMILES string of the molecule is CCn1c(=O)c2c(nc3n(-c4ccc(Br)cc4)c(C)c(C)n23)n(C)c1=O. The highest BCUT2D eigenvalue weighted by atomic mass is 79.9. The van der Waals surface area contributed by atoms with E-state index in [1.807, 2.05) is 47.1 Å². The van der Waals surface area contributed by atoms with E-state index in [2.05, 4.69) is 20.9 Å². The summed E-state index contributed by atoms with van der Waals surface area (Å²) in [5.41, 5.74) is 3.02. The van der Waals surface area contributed by atoms with Crippen LogP contribution in [0.2, 0.25) is 0 Å². The van der Waals surface area contributed by atoms with E-state index < -0.39 is 0 Å². The molecule has 3 heterocycles. The smallest absolute Gasteiger partial charge is 0.283 e. The molecule has 0 saturated heterocycles. The molecule has 1 aromatic carbocycles. The summed E-state index contributed by atoms with van der Waals surface area (Å²) in [7, 11) is 1.65. The zero-order valence-corrected chi connectivity index (χ0v) is 16.5. The minimum absolute atomic E-state index is 0.311. The van der Waals surface area contributed by atoms with Crippen LogP contribution in [0.4, 0.5) is 0 Å². The summed E-state index contributed by atoms with van der Waals surface area (Å²) in [5.74, 6) is 0.623. The van der Waals surface area contributed by atoms with Crippen LogP contribution in [0.25, 0.3) is 22.6 Å². The Hall–Kier alpha value is -2.61. The van der Waals surface area contributed by atoms with E-state index in [1.165, 1.54) is 9.13 Å². The summed E-state index contributed by atoms with van der Waals surface area (Å²) >= 11 is 3.45. The Labute approximate surface area is 157 Å². The lowest BCUT2D eigenvalue weighted by Gasteiger charge is -2.07. The van der Waals surface area contributed by atoms with E-state index in [0.29, 0.717) is 23.5 Å². The number of imidazole rings is 2. The third-order valence-electron chi connectivity index (χ3n) is 4.92. The van der Waals surface area contributed by atoms with Gasteiger partial charge in [-0.2, -0.15) is 4.98 Å². The Bertz CT molecular complexity index is 1290. The molecule has 0 aliphatic carbocycles. The van der Waals surface area contributed by atoms with Crippen LogP contribution in [0.3, 0.4) is 0 Å². The van der Waals surface area contributed by atoms with Gasteiger partial charge in [-0.3, -0.25) is 22.9 Å². The lowest BCUT2D eigenvalue weighted by atomic mass is 10.3. The van der Waals surface area contributed by atoms with Gasteiger partial charge in [-0.25, -0.2) is 4.79 Å². The topological polar surface area (TPSA) is 66.2 Å². The largest absolute Gasteiger partial charge is 0.332 e. The van der Waals surface area contributed by atoms with Crippen molar-refractivity contribution in [3.63, 3.8) is 0 Å². The van der Waals surface area contributed by atoms with Crippen molar-refractivity contribution in [3.05, 3.63) is 61.0 Å². The summed E-state index contributed by atoms with van der Waals surface area (Å²) < 4.78 is 7.51. The molecular weight excluding hydrogens is 398 g/mol. The number of rotatable bonds is 2. The van der Waals surface area contributed by atoms with Crippen molar-refractivity contribution in [1.82, 2.24) is 23.1 Å². The highest BCUT2D eigenvalue weighted by Gasteiger charge is 2.22. The first-order valence-corrected chi connectivity index (χ1v) is 9.12. The van der Waals surface area contributed by atoms with Crippen molar-refractivity contribution in [2.24, 2.45) is 7.05 Å². The average molecular weight is 416 g/mol. The van der Waals surface area contributed by atoms with Gasteiger partial charge in [0.05, 0.1) is 0 Å². The van der Waals surface area contributed by atoms with Crippen molar-refractivity contribution in [3.8, 4) is 5.69 Å². The van der Waals surface area contributed by atoms with E-state index in [9.17, 15) is 9.59 Å². The zero-order valence-electron chi connectivity index (χ0n) is 14.9. The first-order chi connectivity index (χ1) is 12.4. The molecule has 0 amide bonds. The van der Waals surface area contributed by atoms with Gasteiger partial charge in [0, 0.05) is 35.1 Å². The van der Waals surface area contributed by atoms with Crippen LogP contribution in [0.15, 0.2) is 38.3 Å². The molecule has 3 aromatic heterocycles. The first-order valence-electron chi connectivity index (χ1n) is 8.32. The average Bonchev–Trinajstić information content (AvgIpc) is 3.11. The maximum Gasteiger partial charge on any atom is 0.332 e. The minimum atomic E-state index is -0.352. The van der Waals surface area contributed by atoms with Crippen LogP contribution in [-0.4, -0.2) is 23.1 Å². The number of hydrogen-bond donors (Lipinski definition) is 0. The fraction of sp³-hybridized carbons (Fsp3) is 0.278. The van der Waals surface area contributed by atoms with Gasteiger partial charge in [0.25, 0.3) is 5.56 Å². The fourth-order valence-electron chi connectivity index (χ4n) is 3.43. The lowest BCUT2D eigenvalue weighted by Crippen LogP contribution is -2.38. The van der Waals surface area contributed by atoms with Crippen LogP contribution < -0.4 is 11.2 Å². The second kappa shape index (κ2) is 5.70. The number of nitrogens with zero attached hydrogens (tertiary/aromatic N) is 5. The number of aromatic nitrogens is 5. The number of fused-ring (bicyclic) bond motifs is 3. The second-order valence-electron chi connectivity index (χ2n) is 6.29. The Morgan fingerprint density at radius 2 is 1.73 bits per heavy atom. The molecule has 0 unspecified atom stereocenters. The molecule has 4 aromatic rings. The number of aryl methyl sites for hydroxylation is 2. The minimum Gasteiger partial charge on any atom is -0.283 e. The van der Waals surface area contributed by atoms with Gasteiger partial charge in [-0.15, -0.1) is 0 Å². The van der Waals surface area contributed by atoms with Crippen molar-refractivity contribution in [1.29, 1.82) is 0 Å². The molecule has 0 bridgehead atoms. The highest BCUT2D eigenvalue weighted by Crippen LogP contribution is 2.25. The Morgan fingerprint density at radius 1 is 1.08 bits per heavy atom. The molecule has 0 saturated carbocycles. The molecule has 4 rings (SSSR count). The molecule has 0 atom stereocenters. The summed E-state index contributed by atoms with van der Waals surface area (Å²) in [6, 6.07) is 7.89. The van der Waals surface area contributed by atoms with Crippen LogP contribution in [0.5, 0.6) is 0 Å². The Balaban J connectivity index is 2.23. The van der Waals surface area contributed by atoms with Crippen molar-refractivity contribution < 1.29 is 0 Å². The summed E-state index contributed by atoms with van der Waals surface area (Å²) in [5, 5.41) is 0. The predicted molar refractivity (Wildman–Crippen MR) is 104 cm³/mol. The fourth-order valence-corrected chi connectivity index (χ4v) is 3.69. The molecule has 0 fully saturated rings. The number of benzene rings is 1.